The van der Waals surface area contributed by atoms with Gasteiger partial charge in [-0.05, 0) is 57.4 Å². The van der Waals surface area contributed by atoms with E-state index in [1.165, 1.54) is 0 Å². The number of ether oxygens (including phenoxy) is 1. The third-order valence-electron chi connectivity index (χ3n) is 3.60. The maximum absolute atomic E-state index is 12.1. The van der Waals surface area contributed by atoms with Crippen molar-refractivity contribution in [2.75, 3.05) is 19.6 Å². The van der Waals surface area contributed by atoms with Crippen molar-refractivity contribution in [3.8, 4) is 0 Å². The zero-order valence-electron chi connectivity index (χ0n) is 13.8. The molecule has 1 aromatic carbocycles. The van der Waals surface area contributed by atoms with E-state index in [0.717, 1.165) is 6.42 Å². The summed E-state index contributed by atoms with van der Waals surface area (Å²) in [7, 11) is 0. The van der Waals surface area contributed by atoms with Crippen LogP contribution in [0.1, 0.15) is 37.6 Å². The first kappa shape index (κ1) is 17.6. The van der Waals surface area contributed by atoms with Gasteiger partial charge in [0.1, 0.15) is 5.60 Å². The summed E-state index contributed by atoms with van der Waals surface area (Å²) in [4.78, 5) is 25.8. The minimum Gasteiger partial charge on any atom is -0.444 e. The molecule has 1 heterocycles. The van der Waals surface area contributed by atoms with E-state index in [4.69, 9.17) is 16.3 Å². The first-order chi connectivity index (χ1) is 10.7. The van der Waals surface area contributed by atoms with Gasteiger partial charge in [-0.3, -0.25) is 4.79 Å². The Morgan fingerprint density at radius 2 is 1.96 bits per heavy atom. The quantitative estimate of drug-likeness (QED) is 0.919. The normalized spacial score (nSPS) is 17.9. The number of benzene rings is 1. The molecule has 23 heavy (non-hydrogen) atoms. The van der Waals surface area contributed by atoms with E-state index in [1.54, 1.807) is 29.2 Å². The molecule has 126 valence electrons. The molecule has 1 saturated heterocycles. The number of halogens is 1. The molecule has 0 aromatic heterocycles. The van der Waals surface area contributed by atoms with Gasteiger partial charge in [-0.1, -0.05) is 11.6 Å². The topological polar surface area (TPSA) is 58.6 Å². The fourth-order valence-electron chi connectivity index (χ4n) is 2.43. The SMILES string of the molecule is CC(C)(C)OC(=O)N1CC[C@H](CNC(=O)c2ccc(Cl)cc2)C1. The van der Waals surface area contributed by atoms with Crippen LogP contribution in [0.4, 0.5) is 4.79 Å². The molecule has 1 fully saturated rings. The smallest absolute Gasteiger partial charge is 0.410 e. The van der Waals surface area contributed by atoms with Crippen molar-refractivity contribution in [2.45, 2.75) is 32.8 Å². The zero-order valence-corrected chi connectivity index (χ0v) is 14.5. The number of nitrogens with one attached hydrogen (secondary N) is 1. The molecule has 0 bridgehead atoms. The van der Waals surface area contributed by atoms with Gasteiger partial charge in [0.15, 0.2) is 0 Å². The fourth-order valence-corrected chi connectivity index (χ4v) is 2.56. The second-order valence-electron chi connectivity index (χ2n) is 6.80. The third kappa shape index (κ3) is 5.43. The maximum Gasteiger partial charge on any atom is 0.410 e. The Labute approximate surface area is 141 Å². The Hall–Kier alpha value is -1.75. The van der Waals surface area contributed by atoms with Gasteiger partial charge in [0.05, 0.1) is 0 Å². The van der Waals surface area contributed by atoms with Crippen LogP contribution in [-0.2, 0) is 4.74 Å². The molecule has 0 radical (unpaired) electrons. The van der Waals surface area contributed by atoms with Crippen LogP contribution in [0.25, 0.3) is 0 Å². The second-order valence-corrected chi connectivity index (χ2v) is 7.23. The molecule has 1 atom stereocenters. The van der Waals surface area contributed by atoms with Gasteiger partial charge in [0.25, 0.3) is 5.91 Å². The summed E-state index contributed by atoms with van der Waals surface area (Å²) in [6, 6.07) is 6.77. The lowest BCUT2D eigenvalue weighted by molar-refractivity contribution is 0.0288. The highest BCUT2D eigenvalue weighted by Crippen LogP contribution is 2.19. The molecule has 1 aromatic rings. The van der Waals surface area contributed by atoms with Crippen LogP contribution in [0.2, 0.25) is 5.02 Å². The number of amides is 2. The largest absolute Gasteiger partial charge is 0.444 e. The van der Waals surface area contributed by atoms with Crippen LogP contribution in [0.15, 0.2) is 24.3 Å². The van der Waals surface area contributed by atoms with E-state index in [1.807, 2.05) is 20.8 Å². The van der Waals surface area contributed by atoms with Gasteiger partial charge in [-0.25, -0.2) is 4.79 Å². The van der Waals surface area contributed by atoms with E-state index in [-0.39, 0.29) is 17.9 Å². The van der Waals surface area contributed by atoms with Crippen molar-refractivity contribution in [1.82, 2.24) is 10.2 Å². The monoisotopic (exact) mass is 338 g/mol. The zero-order chi connectivity index (χ0) is 17.0. The highest BCUT2D eigenvalue weighted by Gasteiger charge is 2.29. The van der Waals surface area contributed by atoms with Gasteiger partial charge >= 0.3 is 6.09 Å². The Morgan fingerprint density at radius 3 is 2.57 bits per heavy atom. The lowest BCUT2D eigenvalue weighted by Crippen LogP contribution is -2.36. The Kier molecular flexibility index (Phi) is 5.52. The van der Waals surface area contributed by atoms with Crippen molar-refractivity contribution >= 4 is 23.6 Å². The van der Waals surface area contributed by atoms with Gasteiger partial charge in [-0.2, -0.15) is 0 Å². The second kappa shape index (κ2) is 7.21. The standard InChI is InChI=1S/C17H23ClN2O3/c1-17(2,3)23-16(22)20-9-8-12(11-20)10-19-15(21)13-4-6-14(18)7-5-13/h4-7,12H,8-11H2,1-3H3,(H,19,21)/t12-/m1/s1. The number of carbonyl (C=O) groups is 2. The average Bonchev–Trinajstić information content (AvgIpc) is 2.93. The summed E-state index contributed by atoms with van der Waals surface area (Å²) in [5, 5.41) is 3.51. The Bertz CT molecular complexity index is 566. The van der Waals surface area contributed by atoms with Crippen LogP contribution in [0.5, 0.6) is 0 Å². The number of hydrogen-bond acceptors (Lipinski definition) is 3. The molecule has 0 aliphatic carbocycles. The summed E-state index contributed by atoms with van der Waals surface area (Å²) in [5.41, 5.74) is 0.0919. The molecular formula is C17H23ClN2O3. The van der Waals surface area contributed by atoms with Crippen LogP contribution in [0, 0.1) is 5.92 Å². The predicted molar refractivity (Wildman–Crippen MR) is 89.7 cm³/mol. The lowest BCUT2D eigenvalue weighted by Gasteiger charge is -2.24. The van der Waals surface area contributed by atoms with Gasteiger partial charge in [0.2, 0.25) is 0 Å². The molecule has 1 N–H and O–H groups in total. The summed E-state index contributed by atoms with van der Waals surface area (Å²) in [6.07, 6.45) is 0.573. The van der Waals surface area contributed by atoms with Gasteiger partial charge in [0, 0.05) is 30.2 Å². The molecule has 5 nitrogen and oxygen atoms in total. The molecule has 1 aliphatic heterocycles. The molecule has 1 aliphatic rings. The molecule has 0 saturated carbocycles. The highest BCUT2D eigenvalue weighted by molar-refractivity contribution is 6.30. The predicted octanol–water partition coefficient (Wildman–Crippen LogP) is 3.33. The van der Waals surface area contributed by atoms with Crippen LogP contribution < -0.4 is 5.32 Å². The van der Waals surface area contributed by atoms with Crippen molar-refractivity contribution in [2.24, 2.45) is 5.92 Å². The molecule has 0 spiro atoms. The van der Waals surface area contributed by atoms with Crippen molar-refractivity contribution < 1.29 is 14.3 Å². The van der Waals surface area contributed by atoms with Crippen molar-refractivity contribution in [3.05, 3.63) is 34.9 Å². The van der Waals surface area contributed by atoms with E-state index in [0.29, 0.717) is 30.2 Å². The lowest BCUT2D eigenvalue weighted by atomic mass is 10.1. The van der Waals surface area contributed by atoms with Gasteiger partial charge < -0.3 is 15.0 Å². The highest BCUT2D eigenvalue weighted by atomic mass is 35.5. The van der Waals surface area contributed by atoms with E-state index in [9.17, 15) is 9.59 Å². The summed E-state index contributed by atoms with van der Waals surface area (Å²) < 4.78 is 5.36. The fraction of sp³-hybridized carbons (Fsp3) is 0.529. The Balaban J connectivity index is 1.78. The number of likely N-dealkylation sites (tertiary alicyclic amines) is 1. The Morgan fingerprint density at radius 1 is 1.30 bits per heavy atom. The van der Waals surface area contributed by atoms with Crippen LogP contribution in [0.3, 0.4) is 0 Å². The number of rotatable bonds is 3. The van der Waals surface area contributed by atoms with Crippen LogP contribution >= 0.6 is 11.6 Å². The summed E-state index contributed by atoms with van der Waals surface area (Å²) in [6.45, 7) is 7.37. The van der Waals surface area contributed by atoms with E-state index in [2.05, 4.69) is 5.32 Å². The molecular weight excluding hydrogens is 316 g/mol. The van der Waals surface area contributed by atoms with Gasteiger partial charge in [-0.15, -0.1) is 0 Å². The summed E-state index contributed by atoms with van der Waals surface area (Å²) >= 11 is 5.81. The van der Waals surface area contributed by atoms with E-state index >= 15 is 0 Å². The molecule has 2 rings (SSSR count). The average molecular weight is 339 g/mol. The third-order valence-corrected chi connectivity index (χ3v) is 3.85. The van der Waals surface area contributed by atoms with Crippen molar-refractivity contribution in [1.29, 1.82) is 0 Å². The van der Waals surface area contributed by atoms with Crippen molar-refractivity contribution in [3.63, 3.8) is 0 Å². The maximum atomic E-state index is 12.1. The number of nitrogens with zero attached hydrogens (tertiary/aromatic N) is 1. The van der Waals surface area contributed by atoms with E-state index < -0.39 is 5.60 Å². The minimum absolute atomic E-state index is 0.127. The minimum atomic E-state index is -0.488. The molecule has 2 amide bonds. The first-order valence-corrected chi connectivity index (χ1v) is 8.14. The first-order valence-electron chi connectivity index (χ1n) is 7.76. The number of carbonyl (C=O) groups excluding carboxylic acids is 2. The molecule has 0 unspecified atom stereocenters. The summed E-state index contributed by atoms with van der Waals surface area (Å²) in [5.74, 6) is 0.121. The number of hydrogen-bond donors (Lipinski definition) is 1. The van der Waals surface area contributed by atoms with Crippen LogP contribution in [-0.4, -0.2) is 42.1 Å². The molecule has 6 heteroatoms.